The van der Waals surface area contributed by atoms with Crippen LogP contribution in [0, 0.1) is 5.41 Å². The van der Waals surface area contributed by atoms with Gasteiger partial charge in [0.15, 0.2) is 12.4 Å². The van der Waals surface area contributed by atoms with Crippen LogP contribution in [0.1, 0.15) is 50.6 Å². The molecule has 3 amide bonds. The van der Waals surface area contributed by atoms with Gasteiger partial charge in [-0.25, -0.2) is 0 Å². The van der Waals surface area contributed by atoms with Crippen molar-refractivity contribution in [2.24, 2.45) is 19.5 Å². The first kappa shape index (κ1) is 38.8. The minimum Gasteiger partial charge on any atom is -0.293 e. The van der Waals surface area contributed by atoms with Crippen molar-refractivity contribution in [2.45, 2.75) is 54.4 Å². The summed E-state index contributed by atoms with van der Waals surface area (Å²) in [6.07, 6.45) is 6.49. The van der Waals surface area contributed by atoms with Gasteiger partial charge >= 0.3 is 270 Å². The van der Waals surface area contributed by atoms with Gasteiger partial charge in [0, 0.05) is 14.1 Å². The van der Waals surface area contributed by atoms with Crippen LogP contribution in [-0.4, -0.2) is 86.7 Å². The summed E-state index contributed by atoms with van der Waals surface area (Å²) in [6, 6.07) is 9.31. The summed E-state index contributed by atoms with van der Waals surface area (Å²) in [5, 5.41) is 18.5. The number of aromatic nitrogens is 6. The summed E-state index contributed by atoms with van der Waals surface area (Å²) in [7, 11) is 4.94. The molecule has 1 aliphatic carbocycles. The van der Waals surface area contributed by atoms with Crippen LogP contribution in [0.15, 0.2) is 47.5 Å². The zero-order valence-electron chi connectivity index (χ0n) is 31.7. The molecule has 1 aromatic carbocycles. The van der Waals surface area contributed by atoms with E-state index in [1.165, 1.54) is 11.6 Å². The van der Waals surface area contributed by atoms with E-state index < -0.39 is 33.1 Å². The molecule has 0 radical (unpaired) electrons. The van der Waals surface area contributed by atoms with E-state index in [2.05, 4.69) is 43.1 Å². The van der Waals surface area contributed by atoms with E-state index in [-0.39, 0.29) is 51.4 Å². The predicted octanol–water partition coefficient (Wildman–Crippen LogP) is -0.122. The molecule has 57 heavy (non-hydrogen) atoms. The van der Waals surface area contributed by atoms with Gasteiger partial charge in [-0.05, 0) is 6.07 Å². The summed E-state index contributed by atoms with van der Waals surface area (Å²) < 4.78 is 19.3. The Morgan fingerprint density at radius 1 is 1.14 bits per heavy atom. The number of imide groups is 1. The third kappa shape index (κ3) is 7.22. The number of pyridine rings is 2. The van der Waals surface area contributed by atoms with E-state index in [1.54, 1.807) is 36.3 Å². The summed E-state index contributed by atoms with van der Waals surface area (Å²) in [4.78, 5) is 65.0. The maximum absolute atomic E-state index is 12.8. The molecule has 3 aliphatic rings. The molecule has 3 atom stereocenters. The first-order valence-electron chi connectivity index (χ1n) is 18.5. The standard InChI is InChI=1S/C38H42ClIN11O6/c1-37(40-56)17-38(11-10-27(37)45-25-7-5-6-22-30(48-50(4)31(22)25)23-8-9-28(52)46-34(23)54)18-51(19-38)36-43-15-24(39)32(47-36)44-21-12-20-13-26(57-16-29(53)41-2)35(55)49(3)33(20)42-14-21/h5-7,12-15,23,27,45,56H,8-11,16-19H2,1-4H3,(H,41,53)(H,43,44,47)(H,46,52,54)/q-1/t23?,27-,37-/m0/s1. The molecule has 0 bridgehead atoms. The smallest absolute Gasteiger partial charge is 0.293 e. The van der Waals surface area contributed by atoms with E-state index in [0.717, 1.165) is 48.9 Å². The Bertz CT molecular complexity index is 2510. The molecular formula is C38H42ClIN11O6-. The van der Waals surface area contributed by atoms with Crippen LogP contribution in [0.25, 0.3) is 21.9 Å². The normalized spacial score (nSPS) is 21.8. The molecule has 19 heteroatoms. The number of nitrogens with one attached hydrogen (secondary N) is 4. The number of alkyl halides is 1. The second-order valence-electron chi connectivity index (χ2n) is 15.3. The van der Waals surface area contributed by atoms with Crippen LogP contribution in [0.4, 0.5) is 23.1 Å². The van der Waals surface area contributed by atoms with Crippen LogP contribution < -0.4 is 58.1 Å². The average Bonchev–Trinajstić information content (AvgIpc) is 3.52. The van der Waals surface area contributed by atoms with E-state index in [9.17, 15) is 22.6 Å². The fraction of sp³-hybridized carbons (Fsp3) is 0.421. The fourth-order valence-electron chi connectivity index (χ4n) is 8.51. The van der Waals surface area contributed by atoms with Crippen molar-refractivity contribution in [3.05, 3.63) is 63.8 Å². The molecule has 17 nitrogen and oxygen atoms in total. The number of amides is 3. The number of rotatable bonds is 10. The zero-order chi connectivity index (χ0) is 40.2. The number of anilines is 4. The average molecular weight is 911 g/mol. The van der Waals surface area contributed by atoms with E-state index in [4.69, 9.17) is 26.4 Å². The summed E-state index contributed by atoms with van der Waals surface area (Å²) >= 11 is 5.40. The molecule has 5 aromatic rings. The number of piperidine rings is 1. The van der Waals surface area contributed by atoms with Crippen molar-refractivity contribution in [1.82, 2.24) is 39.9 Å². The third-order valence-corrected chi connectivity index (χ3v) is 13.9. The Kier molecular flexibility index (Phi) is 10.2. The summed E-state index contributed by atoms with van der Waals surface area (Å²) in [6.45, 7) is 3.35. The number of nitrogens with zero attached hydrogens (tertiary/aromatic N) is 7. The van der Waals surface area contributed by atoms with E-state index in [1.807, 2.05) is 25.2 Å². The fourth-order valence-corrected chi connectivity index (χ4v) is 10.4. The maximum atomic E-state index is 12.8. The summed E-state index contributed by atoms with van der Waals surface area (Å²) in [5.41, 5.74) is 3.04. The van der Waals surface area contributed by atoms with E-state index >= 15 is 0 Å². The number of halogens is 2. The van der Waals surface area contributed by atoms with Crippen molar-refractivity contribution in [2.75, 3.05) is 42.3 Å². The Balaban J connectivity index is 0.957. The molecule has 1 spiro atoms. The SMILES string of the molecule is CNC(=O)COc1cc2cc(Nc3nc(N4CC5(CC[C@H](Nc6cccc7c(C8CCC(=O)NC8=O)nn(C)c67)[C@@](C)([I-]O)C5)C4)ncc3Cl)cnc2n(C)c1=O. The molecule has 8 rings (SSSR count). The van der Waals surface area contributed by atoms with Crippen molar-refractivity contribution in [3.63, 3.8) is 0 Å². The van der Waals surface area contributed by atoms with Crippen molar-refractivity contribution in [1.29, 1.82) is 0 Å². The first-order chi connectivity index (χ1) is 27.3. The Morgan fingerprint density at radius 3 is 2.70 bits per heavy atom. The molecule has 6 heterocycles. The molecule has 5 N–H and O–H groups in total. The van der Waals surface area contributed by atoms with Gasteiger partial charge in [0.05, 0.1) is 0 Å². The topological polar surface area (TPSA) is 211 Å². The van der Waals surface area contributed by atoms with Crippen LogP contribution in [0.2, 0.25) is 5.02 Å². The van der Waals surface area contributed by atoms with Gasteiger partial charge in [-0.15, -0.1) is 0 Å². The van der Waals surface area contributed by atoms with Crippen LogP contribution in [-0.2, 0) is 28.5 Å². The summed E-state index contributed by atoms with van der Waals surface area (Å²) in [5.74, 6) is -0.471. The van der Waals surface area contributed by atoms with Gasteiger partial charge < -0.3 is 10.1 Å². The minimum absolute atomic E-state index is 0.0146. The molecule has 300 valence electrons. The monoisotopic (exact) mass is 910 g/mol. The number of likely N-dealkylation sites (N-methyl/N-ethyl adjacent to an activating group) is 1. The number of benzene rings is 1. The van der Waals surface area contributed by atoms with E-state index in [0.29, 0.717) is 45.6 Å². The quantitative estimate of drug-likeness (QED) is 0.0705. The number of fused-ring (bicyclic) bond motifs is 2. The van der Waals surface area contributed by atoms with Gasteiger partial charge in [0.2, 0.25) is 0 Å². The first-order valence-corrected chi connectivity index (χ1v) is 21.0. The molecular weight excluding hydrogens is 869 g/mol. The second kappa shape index (κ2) is 15.0. The number of carbonyl (C=O) groups excluding carboxylic acids is 3. The molecule has 1 unspecified atom stereocenters. The second-order valence-corrected chi connectivity index (χ2v) is 18.7. The third-order valence-electron chi connectivity index (χ3n) is 11.4. The number of hydrogen-bond acceptors (Lipinski definition) is 13. The molecule has 4 aromatic heterocycles. The molecule has 2 aliphatic heterocycles. The van der Waals surface area contributed by atoms with Crippen molar-refractivity contribution in [3.8, 4) is 5.75 Å². The van der Waals surface area contributed by atoms with Gasteiger partial charge in [-0.2, -0.15) is 0 Å². The minimum atomic E-state index is -1.17. The molecule has 3 fully saturated rings. The van der Waals surface area contributed by atoms with Crippen LogP contribution in [0.3, 0.4) is 0 Å². The molecule has 1 saturated carbocycles. The number of para-hydroxylation sites is 1. The number of hydrogen-bond donors (Lipinski definition) is 5. The van der Waals surface area contributed by atoms with Gasteiger partial charge in [0.25, 0.3) is 11.5 Å². The zero-order valence-corrected chi connectivity index (χ0v) is 34.6. The van der Waals surface area contributed by atoms with Gasteiger partial charge in [-0.3, -0.25) is 14.2 Å². The van der Waals surface area contributed by atoms with Crippen molar-refractivity contribution >= 4 is 74.4 Å². The van der Waals surface area contributed by atoms with Gasteiger partial charge in [0.1, 0.15) is 5.65 Å². The van der Waals surface area contributed by atoms with Crippen LogP contribution in [0.5, 0.6) is 5.75 Å². The molecule has 2 saturated heterocycles. The Labute approximate surface area is 342 Å². The van der Waals surface area contributed by atoms with Gasteiger partial charge in [-0.1, -0.05) is 0 Å². The van der Waals surface area contributed by atoms with Crippen molar-refractivity contribution < 1.29 is 44.2 Å². The number of ether oxygens (including phenoxy) is 1. The Morgan fingerprint density at radius 2 is 1.95 bits per heavy atom. The number of carbonyl (C=O) groups is 3. The van der Waals surface area contributed by atoms with Crippen LogP contribution >= 0.6 is 11.6 Å². The predicted molar refractivity (Wildman–Crippen MR) is 209 cm³/mol. The number of aryl methyl sites for hydroxylation is 2. The Hall–Kier alpha value is -5.08.